The van der Waals surface area contributed by atoms with Crippen molar-refractivity contribution in [3.05, 3.63) is 42.0 Å². The van der Waals surface area contributed by atoms with Crippen LogP contribution in [-0.4, -0.2) is 56.9 Å². The van der Waals surface area contributed by atoms with Crippen molar-refractivity contribution < 1.29 is 4.74 Å². The highest BCUT2D eigenvalue weighted by atomic mass is 16.5. The maximum Gasteiger partial charge on any atom is 0.200 e. The molecule has 3 heterocycles. The van der Waals surface area contributed by atoms with Gasteiger partial charge in [0, 0.05) is 12.1 Å². The lowest BCUT2D eigenvalue weighted by Crippen LogP contribution is -2.31. The largest absolute Gasteiger partial charge is 0.496 e. The Hall–Kier alpha value is -2.74. The Morgan fingerprint density at radius 1 is 1.16 bits per heavy atom. The van der Waals surface area contributed by atoms with Crippen LogP contribution in [0, 0.1) is 0 Å². The van der Waals surface area contributed by atoms with Gasteiger partial charge in [-0.15, -0.1) is 14.8 Å². The third-order valence-electron chi connectivity index (χ3n) is 4.63. The van der Waals surface area contributed by atoms with Gasteiger partial charge in [-0.3, -0.25) is 4.90 Å². The highest BCUT2D eigenvalue weighted by Crippen LogP contribution is 2.31. The number of hydrogen-bond donors (Lipinski definition) is 1. The molecule has 1 aliphatic rings. The highest BCUT2D eigenvalue weighted by molar-refractivity contribution is 5.43. The molecule has 1 aliphatic heterocycles. The minimum Gasteiger partial charge on any atom is -0.496 e. The van der Waals surface area contributed by atoms with Crippen molar-refractivity contribution in [1.82, 2.24) is 30.2 Å². The molecule has 8 heteroatoms. The number of methoxy groups -OCH3 is 1. The highest BCUT2D eigenvalue weighted by Gasteiger charge is 2.25. The molecule has 8 nitrogen and oxygen atoms in total. The van der Waals surface area contributed by atoms with Gasteiger partial charge in [-0.1, -0.05) is 18.2 Å². The Morgan fingerprint density at radius 3 is 2.84 bits per heavy atom. The van der Waals surface area contributed by atoms with Gasteiger partial charge in [-0.25, -0.2) is 0 Å². The fourth-order valence-corrected chi connectivity index (χ4v) is 3.38. The topological polar surface area (TPSA) is 80.5 Å². The molecule has 1 saturated heterocycles. The first-order chi connectivity index (χ1) is 12.3. The Bertz CT molecular complexity index is 844. The van der Waals surface area contributed by atoms with Crippen molar-refractivity contribution in [2.24, 2.45) is 0 Å². The molecule has 1 atom stereocenters. The summed E-state index contributed by atoms with van der Waals surface area (Å²) in [5.41, 5.74) is 1.83. The number of ether oxygens (including phenoxy) is 1. The van der Waals surface area contributed by atoms with Gasteiger partial charge in [-0.05, 0) is 54.6 Å². The molecule has 0 amide bonds. The van der Waals surface area contributed by atoms with Crippen LogP contribution < -0.4 is 10.1 Å². The molecular weight excluding hydrogens is 318 g/mol. The van der Waals surface area contributed by atoms with E-state index in [1.165, 1.54) is 23.0 Å². The number of nitrogens with zero attached hydrogens (tertiary/aromatic N) is 6. The second-order valence-electron chi connectivity index (χ2n) is 6.13. The molecule has 2 aromatic heterocycles. The van der Waals surface area contributed by atoms with Gasteiger partial charge in [0.05, 0.1) is 13.2 Å². The van der Waals surface area contributed by atoms with Gasteiger partial charge in [-0.2, -0.15) is 0 Å². The van der Waals surface area contributed by atoms with Gasteiger partial charge in [0.1, 0.15) is 11.6 Å². The second-order valence-corrected chi connectivity index (χ2v) is 6.13. The van der Waals surface area contributed by atoms with Crippen molar-refractivity contribution >= 4 is 11.5 Å². The Balaban J connectivity index is 1.57. The number of fused-ring (bicyclic) bond motifs is 1. The fraction of sp³-hybridized carbons (Fsp3) is 0.412. The average Bonchev–Trinajstić information content (AvgIpc) is 3.33. The first-order valence-electron chi connectivity index (χ1n) is 8.51. The number of aromatic nitrogens is 5. The second kappa shape index (κ2) is 7.02. The van der Waals surface area contributed by atoms with Gasteiger partial charge < -0.3 is 10.1 Å². The predicted molar refractivity (Wildman–Crippen MR) is 93.6 cm³/mol. The summed E-state index contributed by atoms with van der Waals surface area (Å²) in [5.74, 6) is 1.67. The van der Waals surface area contributed by atoms with Gasteiger partial charge >= 0.3 is 0 Å². The molecular formula is C17H21N7O. The molecule has 1 N–H and O–H groups in total. The number of tetrazole rings is 1. The number of para-hydroxylation sites is 1. The molecule has 3 aromatic rings. The Morgan fingerprint density at radius 2 is 2.00 bits per heavy atom. The average molecular weight is 339 g/mol. The van der Waals surface area contributed by atoms with Gasteiger partial charge in [0.25, 0.3) is 0 Å². The lowest BCUT2D eigenvalue weighted by Gasteiger charge is -2.29. The van der Waals surface area contributed by atoms with E-state index in [2.05, 4.69) is 43.0 Å². The lowest BCUT2D eigenvalue weighted by atomic mass is 10.0. The van der Waals surface area contributed by atoms with E-state index in [0.29, 0.717) is 5.65 Å². The van der Waals surface area contributed by atoms with Crippen LogP contribution in [-0.2, 0) is 0 Å². The van der Waals surface area contributed by atoms with Crippen LogP contribution in [0.1, 0.15) is 24.4 Å². The van der Waals surface area contributed by atoms with Crippen molar-refractivity contribution in [2.45, 2.75) is 18.9 Å². The number of benzene rings is 1. The molecule has 0 bridgehead atoms. The Labute approximate surface area is 145 Å². The smallest absolute Gasteiger partial charge is 0.200 e. The van der Waals surface area contributed by atoms with Crippen molar-refractivity contribution in [3.63, 3.8) is 0 Å². The zero-order chi connectivity index (χ0) is 17.1. The van der Waals surface area contributed by atoms with Crippen LogP contribution >= 0.6 is 0 Å². The number of likely N-dealkylation sites (tertiary alicyclic amines) is 1. The van der Waals surface area contributed by atoms with Gasteiger partial charge in [0.15, 0.2) is 5.65 Å². The van der Waals surface area contributed by atoms with Crippen LogP contribution in [0.3, 0.4) is 0 Å². The molecule has 4 rings (SSSR count). The van der Waals surface area contributed by atoms with E-state index in [0.717, 1.165) is 31.2 Å². The Kier molecular flexibility index (Phi) is 4.43. The van der Waals surface area contributed by atoms with Crippen LogP contribution in [0.15, 0.2) is 36.4 Å². The molecule has 0 unspecified atom stereocenters. The summed E-state index contributed by atoms with van der Waals surface area (Å²) in [4.78, 5) is 2.50. The maximum atomic E-state index is 5.58. The quantitative estimate of drug-likeness (QED) is 0.733. The van der Waals surface area contributed by atoms with E-state index in [4.69, 9.17) is 4.74 Å². The van der Waals surface area contributed by atoms with E-state index in [1.54, 1.807) is 7.11 Å². The molecule has 130 valence electrons. The molecule has 0 spiro atoms. The standard InChI is InChI=1S/C17H21N7O/c1-25-15-7-3-2-6-13(15)14(23-10-4-5-11-23)12-18-16-8-9-17-19-21-22-24(17)20-16/h2-3,6-9,14H,4-5,10-12H2,1H3,(H,18,20)/t14-/m1/s1. The lowest BCUT2D eigenvalue weighted by molar-refractivity contribution is 0.249. The monoisotopic (exact) mass is 339 g/mol. The minimum absolute atomic E-state index is 0.227. The number of anilines is 1. The van der Waals surface area contributed by atoms with Crippen molar-refractivity contribution in [3.8, 4) is 5.75 Å². The van der Waals surface area contributed by atoms with Crippen LogP contribution in [0.2, 0.25) is 0 Å². The van der Waals surface area contributed by atoms with E-state index in [-0.39, 0.29) is 6.04 Å². The summed E-state index contributed by atoms with van der Waals surface area (Å²) in [7, 11) is 1.72. The summed E-state index contributed by atoms with van der Waals surface area (Å²) in [5, 5.41) is 19.2. The third kappa shape index (κ3) is 3.25. The summed E-state index contributed by atoms with van der Waals surface area (Å²) < 4.78 is 7.01. The zero-order valence-electron chi connectivity index (χ0n) is 14.2. The van der Waals surface area contributed by atoms with E-state index in [1.807, 2.05) is 24.3 Å². The molecule has 1 fully saturated rings. The van der Waals surface area contributed by atoms with Crippen LogP contribution in [0.5, 0.6) is 5.75 Å². The molecule has 25 heavy (non-hydrogen) atoms. The number of rotatable bonds is 6. The first kappa shape index (κ1) is 15.8. The van der Waals surface area contributed by atoms with Crippen LogP contribution in [0.4, 0.5) is 5.82 Å². The summed E-state index contributed by atoms with van der Waals surface area (Å²) >= 11 is 0. The zero-order valence-corrected chi connectivity index (χ0v) is 14.2. The van der Waals surface area contributed by atoms with E-state index < -0.39 is 0 Å². The predicted octanol–water partition coefficient (Wildman–Crippen LogP) is 1.78. The normalized spacial score (nSPS) is 16.2. The molecule has 0 radical (unpaired) electrons. The summed E-state index contributed by atoms with van der Waals surface area (Å²) in [6.07, 6.45) is 2.47. The number of nitrogens with one attached hydrogen (secondary N) is 1. The fourth-order valence-electron chi connectivity index (χ4n) is 3.38. The SMILES string of the molecule is COc1ccccc1[C@@H](CNc1ccc2nnnn2n1)N1CCCC1. The third-order valence-corrected chi connectivity index (χ3v) is 4.63. The molecule has 1 aromatic carbocycles. The maximum absolute atomic E-state index is 5.58. The first-order valence-corrected chi connectivity index (χ1v) is 8.51. The minimum atomic E-state index is 0.227. The van der Waals surface area contributed by atoms with Crippen LogP contribution in [0.25, 0.3) is 5.65 Å². The molecule has 0 aliphatic carbocycles. The van der Waals surface area contributed by atoms with Gasteiger partial charge in [0.2, 0.25) is 0 Å². The summed E-state index contributed by atoms with van der Waals surface area (Å²) in [6, 6.07) is 12.2. The van der Waals surface area contributed by atoms with E-state index in [9.17, 15) is 0 Å². The van der Waals surface area contributed by atoms with Crippen molar-refractivity contribution in [2.75, 3.05) is 32.1 Å². The molecule has 0 saturated carbocycles. The number of hydrogen-bond acceptors (Lipinski definition) is 7. The van der Waals surface area contributed by atoms with Crippen molar-refractivity contribution in [1.29, 1.82) is 0 Å². The summed E-state index contributed by atoms with van der Waals surface area (Å²) in [6.45, 7) is 2.94. The van der Waals surface area contributed by atoms with E-state index >= 15 is 0 Å².